The van der Waals surface area contributed by atoms with Crippen molar-refractivity contribution in [1.29, 1.82) is 0 Å². The maximum absolute atomic E-state index is 13.4. The maximum atomic E-state index is 13.4. The standard InChI is InChI=1S/C23H18Cl2N2OS/c24-14-7-8-15(16(25)12-14)23-22-19(26-17-4-1-2-5-18(17)27-23)10-13(11-20(22)28)21-6-3-9-29-21/h1-9,12-13,23,26-27H,10-11H2/t13-,23+/m1/s1. The van der Waals surface area contributed by atoms with Gasteiger partial charge in [-0.1, -0.05) is 47.5 Å². The average molecular weight is 441 g/mol. The van der Waals surface area contributed by atoms with Crippen molar-refractivity contribution in [3.8, 4) is 0 Å². The zero-order chi connectivity index (χ0) is 20.0. The third kappa shape index (κ3) is 3.46. The topological polar surface area (TPSA) is 41.1 Å². The number of hydrogen-bond acceptors (Lipinski definition) is 4. The van der Waals surface area contributed by atoms with Crippen LogP contribution < -0.4 is 10.6 Å². The van der Waals surface area contributed by atoms with Crippen LogP contribution in [-0.4, -0.2) is 5.78 Å². The number of carbonyl (C=O) groups excluding carboxylic acids is 1. The number of para-hydroxylation sites is 2. The Morgan fingerprint density at radius 3 is 2.55 bits per heavy atom. The van der Waals surface area contributed by atoms with Crippen LogP contribution in [0.3, 0.4) is 0 Å². The molecule has 0 radical (unpaired) electrons. The third-order valence-electron chi connectivity index (χ3n) is 5.53. The van der Waals surface area contributed by atoms with Crippen molar-refractivity contribution in [3.05, 3.63) is 91.7 Å². The van der Waals surface area contributed by atoms with Crippen LogP contribution in [0.5, 0.6) is 0 Å². The van der Waals surface area contributed by atoms with Gasteiger partial charge in [-0.05, 0) is 47.7 Å². The third-order valence-corrected chi connectivity index (χ3v) is 7.13. The van der Waals surface area contributed by atoms with E-state index in [1.54, 1.807) is 17.4 Å². The van der Waals surface area contributed by atoms with Gasteiger partial charge in [-0.3, -0.25) is 4.79 Å². The highest BCUT2D eigenvalue weighted by Gasteiger charge is 2.36. The van der Waals surface area contributed by atoms with Crippen LogP contribution in [0.25, 0.3) is 0 Å². The lowest BCUT2D eigenvalue weighted by molar-refractivity contribution is -0.116. The summed E-state index contributed by atoms with van der Waals surface area (Å²) in [6, 6.07) is 17.3. The minimum absolute atomic E-state index is 0.147. The molecule has 0 saturated heterocycles. The predicted octanol–water partition coefficient (Wildman–Crippen LogP) is 7.03. The van der Waals surface area contributed by atoms with E-state index in [2.05, 4.69) is 22.1 Å². The molecule has 0 fully saturated rings. The molecule has 0 unspecified atom stereocenters. The van der Waals surface area contributed by atoms with Crippen molar-refractivity contribution >= 4 is 51.7 Å². The van der Waals surface area contributed by atoms with Crippen molar-refractivity contribution in [2.45, 2.75) is 24.8 Å². The van der Waals surface area contributed by atoms with E-state index in [4.69, 9.17) is 23.2 Å². The number of rotatable bonds is 2. The van der Waals surface area contributed by atoms with Gasteiger partial charge in [-0.15, -0.1) is 11.3 Å². The highest BCUT2D eigenvalue weighted by molar-refractivity contribution is 7.10. The number of hydrogen-bond donors (Lipinski definition) is 2. The molecule has 2 aromatic carbocycles. The van der Waals surface area contributed by atoms with E-state index in [0.717, 1.165) is 34.6 Å². The number of anilines is 2. The zero-order valence-corrected chi connectivity index (χ0v) is 17.7. The van der Waals surface area contributed by atoms with Gasteiger partial charge in [0.25, 0.3) is 0 Å². The molecule has 1 aliphatic heterocycles. The Kier molecular flexibility index (Phi) is 4.86. The van der Waals surface area contributed by atoms with Crippen LogP contribution in [0.1, 0.15) is 35.2 Å². The monoisotopic (exact) mass is 440 g/mol. The SMILES string of the molecule is O=C1C[C@H](c2cccs2)CC2=C1[C@H](c1ccc(Cl)cc1Cl)Nc1ccccc1N2. The Labute approximate surface area is 183 Å². The molecule has 0 bridgehead atoms. The molecule has 29 heavy (non-hydrogen) atoms. The molecule has 2 N–H and O–H groups in total. The van der Waals surface area contributed by atoms with Crippen molar-refractivity contribution < 1.29 is 4.79 Å². The van der Waals surface area contributed by atoms with Crippen molar-refractivity contribution in [2.24, 2.45) is 0 Å². The molecule has 0 amide bonds. The lowest BCUT2D eigenvalue weighted by atomic mass is 9.81. The lowest BCUT2D eigenvalue weighted by Crippen LogP contribution is -2.26. The Morgan fingerprint density at radius 2 is 1.79 bits per heavy atom. The van der Waals surface area contributed by atoms with E-state index in [1.165, 1.54) is 4.88 Å². The predicted molar refractivity (Wildman–Crippen MR) is 121 cm³/mol. The molecular formula is C23H18Cl2N2OS. The van der Waals surface area contributed by atoms with Crippen LogP contribution >= 0.6 is 34.5 Å². The first-order valence-electron chi connectivity index (χ1n) is 9.47. The van der Waals surface area contributed by atoms with Crippen LogP contribution in [0.2, 0.25) is 10.0 Å². The van der Waals surface area contributed by atoms with E-state index in [0.29, 0.717) is 16.5 Å². The fraction of sp³-hybridized carbons (Fsp3) is 0.174. The van der Waals surface area contributed by atoms with Crippen LogP contribution in [0.4, 0.5) is 11.4 Å². The highest BCUT2D eigenvalue weighted by atomic mass is 35.5. The number of halogens is 2. The Balaban J connectivity index is 1.65. The van der Waals surface area contributed by atoms with E-state index in [-0.39, 0.29) is 17.7 Å². The van der Waals surface area contributed by atoms with Gasteiger partial charge < -0.3 is 10.6 Å². The molecule has 3 aromatic rings. The zero-order valence-electron chi connectivity index (χ0n) is 15.4. The molecule has 146 valence electrons. The first-order chi connectivity index (χ1) is 14.1. The fourth-order valence-electron chi connectivity index (χ4n) is 4.19. The van der Waals surface area contributed by atoms with Gasteiger partial charge >= 0.3 is 0 Å². The highest BCUT2D eigenvalue weighted by Crippen LogP contribution is 2.46. The second-order valence-corrected chi connectivity index (χ2v) is 9.17. The molecule has 2 atom stereocenters. The number of thiophene rings is 1. The summed E-state index contributed by atoms with van der Waals surface area (Å²) in [5.41, 5.74) is 4.49. The van der Waals surface area contributed by atoms with E-state index in [1.807, 2.05) is 42.5 Å². The molecule has 0 saturated carbocycles. The first-order valence-corrected chi connectivity index (χ1v) is 11.1. The molecule has 6 heteroatoms. The van der Waals surface area contributed by atoms with Crippen LogP contribution in [-0.2, 0) is 4.79 Å². The summed E-state index contributed by atoms with van der Waals surface area (Å²) in [6.45, 7) is 0. The number of ketones is 1. The number of allylic oxidation sites excluding steroid dienone is 1. The van der Waals surface area contributed by atoms with Gasteiger partial charge in [0, 0.05) is 38.5 Å². The van der Waals surface area contributed by atoms with Crippen molar-refractivity contribution in [2.75, 3.05) is 10.6 Å². The van der Waals surface area contributed by atoms with Gasteiger partial charge in [0.15, 0.2) is 5.78 Å². The Hall–Kier alpha value is -2.27. The minimum atomic E-state index is -0.331. The molecular weight excluding hydrogens is 423 g/mol. The summed E-state index contributed by atoms with van der Waals surface area (Å²) >= 11 is 14.4. The van der Waals surface area contributed by atoms with Gasteiger partial charge in [-0.25, -0.2) is 0 Å². The van der Waals surface area contributed by atoms with Gasteiger partial charge in [0.05, 0.1) is 17.4 Å². The molecule has 1 aliphatic carbocycles. The van der Waals surface area contributed by atoms with Gasteiger partial charge in [0.1, 0.15) is 0 Å². The number of Topliss-reactive ketones (excluding diaryl/α,β-unsaturated/α-hetero) is 1. The van der Waals surface area contributed by atoms with Crippen LogP contribution in [0.15, 0.2) is 71.2 Å². The summed E-state index contributed by atoms with van der Waals surface area (Å²) in [6.07, 6.45) is 1.29. The summed E-state index contributed by atoms with van der Waals surface area (Å²) in [5, 5.41) is 10.3. The van der Waals surface area contributed by atoms with E-state index < -0.39 is 0 Å². The smallest absolute Gasteiger partial charge is 0.163 e. The minimum Gasteiger partial charge on any atom is -0.372 e. The normalized spacial score (nSPS) is 21.0. The quantitative estimate of drug-likeness (QED) is 0.448. The second-order valence-electron chi connectivity index (χ2n) is 7.35. The van der Waals surface area contributed by atoms with E-state index in [9.17, 15) is 4.79 Å². The summed E-state index contributed by atoms with van der Waals surface area (Å²) in [4.78, 5) is 14.6. The van der Waals surface area contributed by atoms with Crippen molar-refractivity contribution in [3.63, 3.8) is 0 Å². The number of carbonyl (C=O) groups is 1. The number of nitrogens with one attached hydrogen (secondary N) is 2. The van der Waals surface area contributed by atoms with Gasteiger partial charge in [-0.2, -0.15) is 0 Å². The maximum Gasteiger partial charge on any atom is 0.163 e. The van der Waals surface area contributed by atoms with Gasteiger partial charge in [0.2, 0.25) is 0 Å². The summed E-state index contributed by atoms with van der Waals surface area (Å²) in [7, 11) is 0. The molecule has 1 aromatic heterocycles. The second kappa shape index (κ2) is 7.52. The molecule has 2 aliphatic rings. The largest absolute Gasteiger partial charge is 0.372 e. The van der Waals surface area contributed by atoms with Crippen LogP contribution in [0, 0.1) is 0 Å². The fourth-order valence-corrected chi connectivity index (χ4v) is 5.53. The molecule has 5 rings (SSSR count). The number of benzene rings is 2. The van der Waals surface area contributed by atoms with Crippen molar-refractivity contribution in [1.82, 2.24) is 0 Å². The molecule has 2 heterocycles. The van der Waals surface area contributed by atoms with E-state index >= 15 is 0 Å². The Morgan fingerprint density at radius 1 is 0.966 bits per heavy atom. The number of fused-ring (bicyclic) bond motifs is 1. The summed E-state index contributed by atoms with van der Waals surface area (Å²) < 4.78 is 0. The summed E-state index contributed by atoms with van der Waals surface area (Å²) in [5.74, 6) is 0.342. The lowest BCUT2D eigenvalue weighted by Gasteiger charge is -2.29. The molecule has 3 nitrogen and oxygen atoms in total. The first kappa shape index (κ1) is 18.7. The average Bonchev–Trinajstić information content (AvgIpc) is 3.17. The molecule has 0 spiro atoms. The Bertz CT molecular complexity index is 1120.